The van der Waals surface area contributed by atoms with Gasteiger partial charge in [0.25, 0.3) is 15.9 Å². The van der Waals surface area contributed by atoms with Crippen LogP contribution in [0.4, 0.5) is 10.1 Å². The first-order chi connectivity index (χ1) is 12.4. The van der Waals surface area contributed by atoms with Crippen LogP contribution in [0, 0.1) is 5.82 Å². The molecule has 1 saturated heterocycles. The number of rotatable bonds is 5. The number of sulfonamides is 1. The van der Waals surface area contributed by atoms with Gasteiger partial charge in [0.05, 0.1) is 4.90 Å². The van der Waals surface area contributed by atoms with E-state index in [-0.39, 0.29) is 29.3 Å². The molecule has 2 aromatic rings. The molecule has 9 heteroatoms. The summed E-state index contributed by atoms with van der Waals surface area (Å²) in [6.45, 7) is 1.77. The largest absolute Gasteiger partial charge is 0.349 e. The summed E-state index contributed by atoms with van der Waals surface area (Å²) in [6, 6.07) is 10.9. The molecule has 6 nitrogen and oxygen atoms in total. The maximum atomic E-state index is 12.9. The van der Waals surface area contributed by atoms with Gasteiger partial charge in [-0.05, 0) is 74.5 Å². The molecule has 0 aromatic heterocycles. The first-order valence-corrected chi connectivity index (χ1v) is 9.82. The van der Waals surface area contributed by atoms with Gasteiger partial charge >= 0.3 is 0 Å². The zero-order valence-electron chi connectivity index (χ0n) is 14.4. The minimum atomic E-state index is -3.81. The van der Waals surface area contributed by atoms with E-state index in [4.69, 9.17) is 0 Å². The third kappa shape index (κ3) is 5.66. The van der Waals surface area contributed by atoms with E-state index in [1.165, 1.54) is 24.3 Å². The van der Waals surface area contributed by atoms with E-state index in [2.05, 4.69) is 15.4 Å². The Morgan fingerprint density at radius 1 is 1.00 bits per heavy atom. The highest BCUT2D eigenvalue weighted by molar-refractivity contribution is 7.92. The van der Waals surface area contributed by atoms with Crippen molar-refractivity contribution < 1.29 is 17.6 Å². The molecule has 146 valence electrons. The maximum Gasteiger partial charge on any atom is 0.261 e. The molecule has 0 bridgehead atoms. The molecule has 0 radical (unpaired) electrons. The lowest BCUT2D eigenvalue weighted by molar-refractivity contribution is 0.0929. The summed E-state index contributed by atoms with van der Waals surface area (Å²) in [5.41, 5.74) is 0.793. The van der Waals surface area contributed by atoms with Crippen molar-refractivity contribution in [2.45, 2.75) is 23.8 Å². The fraction of sp³-hybridized carbons (Fsp3) is 0.278. The monoisotopic (exact) mass is 413 g/mol. The first kappa shape index (κ1) is 21.1. The predicted molar refractivity (Wildman–Crippen MR) is 104 cm³/mol. The minimum Gasteiger partial charge on any atom is -0.349 e. The number of hydrogen-bond donors (Lipinski definition) is 3. The van der Waals surface area contributed by atoms with Crippen LogP contribution in [0.1, 0.15) is 23.2 Å². The molecule has 2 aromatic carbocycles. The third-order valence-corrected chi connectivity index (χ3v) is 5.59. The van der Waals surface area contributed by atoms with Gasteiger partial charge in [-0.3, -0.25) is 9.52 Å². The molecule has 0 aliphatic carbocycles. The lowest BCUT2D eigenvalue weighted by atomic mass is 10.1. The van der Waals surface area contributed by atoms with E-state index in [9.17, 15) is 17.6 Å². The van der Waals surface area contributed by atoms with Crippen molar-refractivity contribution in [1.29, 1.82) is 0 Å². The summed E-state index contributed by atoms with van der Waals surface area (Å²) < 4.78 is 39.9. The maximum absolute atomic E-state index is 12.9. The van der Waals surface area contributed by atoms with Crippen molar-refractivity contribution >= 4 is 34.0 Å². The summed E-state index contributed by atoms with van der Waals surface area (Å²) in [4.78, 5) is 12.2. The molecular weight excluding hydrogens is 393 g/mol. The van der Waals surface area contributed by atoms with Crippen molar-refractivity contribution in [2.24, 2.45) is 0 Å². The Kier molecular flexibility index (Phi) is 7.18. The number of carbonyl (C=O) groups excluding carboxylic acids is 1. The SMILES string of the molecule is Cl.O=C(NC1CCNCC1)c1ccc(NS(=O)(=O)c2ccc(F)cc2)cc1. The van der Waals surface area contributed by atoms with Gasteiger partial charge in [0.2, 0.25) is 0 Å². The van der Waals surface area contributed by atoms with E-state index in [1.54, 1.807) is 12.1 Å². The molecule has 1 fully saturated rings. The van der Waals surface area contributed by atoms with E-state index >= 15 is 0 Å². The van der Waals surface area contributed by atoms with Crippen molar-refractivity contribution in [3.05, 3.63) is 59.9 Å². The number of nitrogens with one attached hydrogen (secondary N) is 3. The summed E-state index contributed by atoms with van der Waals surface area (Å²) in [6.07, 6.45) is 1.78. The second kappa shape index (κ2) is 9.16. The molecule has 0 saturated carbocycles. The van der Waals surface area contributed by atoms with Crippen LogP contribution < -0.4 is 15.4 Å². The van der Waals surface area contributed by atoms with Crippen molar-refractivity contribution in [1.82, 2.24) is 10.6 Å². The Labute approximate surface area is 164 Å². The summed E-state index contributed by atoms with van der Waals surface area (Å²) in [7, 11) is -3.81. The second-order valence-corrected chi connectivity index (χ2v) is 7.82. The summed E-state index contributed by atoms with van der Waals surface area (Å²) >= 11 is 0. The molecule has 0 unspecified atom stereocenters. The van der Waals surface area contributed by atoms with Crippen molar-refractivity contribution in [2.75, 3.05) is 17.8 Å². The lowest BCUT2D eigenvalue weighted by Crippen LogP contribution is -2.42. The third-order valence-electron chi connectivity index (χ3n) is 4.20. The Hall–Kier alpha value is -2.16. The molecule has 1 heterocycles. The molecule has 0 spiro atoms. The van der Waals surface area contributed by atoms with Crippen LogP contribution in [0.15, 0.2) is 53.4 Å². The van der Waals surface area contributed by atoms with Crippen LogP contribution in [0.5, 0.6) is 0 Å². The van der Waals surface area contributed by atoms with Crippen LogP contribution in [0.25, 0.3) is 0 Å². The molecule has 1 aliphatic rings. The summed E-state index contributed by atoms with van der Waals surface area (Å²) in [5, 5.41) is 6.22. The highest BCUT2D eigenvalue weighted by Crippen LogP contribution is 2.17. The first-order valence-electron chi connectivity index (χ1n) is 8.34. The molecule has 27 heavy (non-hydrogen) atoms. The number of carbonyl (C=O) groups is 1. The molecule has 0 atom stereocenters. The van der Waals surface area contributed by atoms with E-state index in [0.29, 0.717) is 11.3 Å². The van der Waals surface area contributed by atoms with Gasteiger partial charge in [0.15, 0.2) is 0 Å². The molecule has 1 aliphatic heterocycles. The number of amides is 1. The fourth-order valence-electron chi connectivity index (χ4n) is 2.75. The molecule has 1 amide bonds. The average Bonchev–Trinajstić information content (AvgIpc) is 2.63. The van der Waals surface area contributed by atoms with Crippen LogP contribution in [0.3, 0.4) is 0 Å². The fourth-order valence-corrected chi connectivity index (χ4v) is 3.81. The minimum absolute atomic E-state index is 0. The van der Waals surface area contributed by atoms with Gasteiger partial charge in [-0.2, -0.15) is 0 Å². The molecular formula is C18H21ClFN3O3S. The zero-order chi connectivity index (χ0) is 18.6. The number of halogens is 2. The van der Waals surface area contributed by atoms with Gasteiger partial charge in [-0.15, -0.1) is 12.4 Å². The van der Waals surface area contributed by atoms with Crippen molar-refractivity contribution in [3.8, 4) is 0 Å². The van der Waals surface area contributed by atoms with Gasteiger partial charge < -0.3 is 10.6 Å². The Morgan fingerprint density at radius 3 is 2.19 bits per heavy atom. The lowest BCUT2D eigenvalue weighted by Gasteiger charge is -2.23. The van der Waals surface area contributed by atoms with E-state index in [0.717, 1.165) is 38.1 Å². The number of anilines is 1. The van der Waals surface area contributed by atoms with Gasteiger partial charge in [0, 0.05) is 17.3 Å². The van der Waals surface area contributed by atoms with E-state index in [1.807, 2.05) is 0 Å². The highest BCUT2D eigenvalue weighted by Gasteiger charge is 2.17. The van der Waals surface area contributed by atoms with Crippen LogP contribution in [-0.2, 0) is 10.0 Å². The van der Waals surface area contributed by atoms with E-state index < -0.39 is 15.8 Å². The number of piperidine rings is 1. The Morgan fingerprint density at radius 2 is 1.59 bits per heavy atom. The van der Waals surface area contributed by atoms with Crippen molar-refractivity contribution in [3.63, 3.8) is 0 Å². The van der Waals surface area contributed by atoms with Crippen LogP contribution in [0.2, 0.25) is 0 Å². The average molecular weight is 414 g/mol. The number of benzene rings is 2. The smallest absolute Gasteiger partial charge is 0.261 e. The number of hydrogen-bond acceptors (Lipinski definition) is 4. The second-order valence-electron chi connectivity index (χ2n) is 6.13. The normalized spacial score (nSPS) is 14.9. The topological polar surface area (TPSA) is 87.3 Å². The quantitative estimate of drug-likeness (QED) is 0.703. The predicted octanol–water partition coefficient (Wildman–Crippen LogP) is 2.53. The highest BCUT2D eigenvalue weighted by atomic mass is 35.5. The Bertz CT molecular complexity index is 868. The van der Waals surface area contributed by atoms with Crippen LogP contribution in [-0.4, -0.2) is 33.5 Å². The zero-order valence-corrected chi connectivity index (χ0v) is 16.1. The molecule has 3 N–H and O–H groups in total. The molecule has 3 rings (SSSR count). The Balaban J connectivity index is 0.00000261. The van der Waals surface area contributed by atoms with Crippen LogP contribution >= 0.6 is 12.4 Å². The van der Waals surface area contributed by atoms with Gasteiger partial charge in [-0.25, -0.2) is 12.8 Å². The summed E-state index contributed by atoms with van der Waals surface area (Å²) in [5.74, 6) is -0.682. The standard InChI is InChI=1S/C18H20FN3O3S.ClH/c19-14-3-7-17(8-4-14)26(24,25)22-16-5-1-13(2-6-16)18(23)21-15-9-11-20-12-10-15;/h1-8,15,20,22H,9-12H2,(H,21,23);1H. The van der Waals surface area contributed by atoms with Gasteiger partial charge in [0.1, 0.15) is 5.82 Å². The van der Waals surface area contributed by atoms with Gasteiger partial charge in [-0.1, -0.05) is 0 Å².